The maximum Gasteiger partial charge on any atom is 0.167 e. The van der Waals surface area contributed by atoms with E-state index in [-0.39, 0.29) is 5.41 Å². The number of fused-ring (bicyclic) bond motifs is 8. The lowest BCUT2D eigenvalue weighted by Gasteiger charge is -2.21. The maximum atomic E-state index is 6.71. The van der Waals surface area contributed by atoms with Crippen LogP contribution in [0.15, 0.2) is 132 Å². The Bertz CT molecular complexity index is 2420. The number of furan rings is 1. The maximum absolute atomic E-state index is 6.71. The summed E-state index contributed by atoms with van der Waals surface area (Å²) in [6.07, 6.45) is 0. The molecule has 1 aliphatic carbocycles. The van der Waals surface area contributed by atoms with Crippen LogP contribution in [0.1, 0.15) is 25.0 Å². The fraction of sp³-hybridized carbons (Fsp3) is 0.0750. The minimum absolute atomic E-state index is 0.0898. The largest absolute Gasteiger partial charge is 0.455 e. The quantitative estimate of drug-likeness (QED) is 0.214. The second-order valence-electron chi connectivity index (χ2n) is 12.0. The summed E-state index contributed by atoms with van der Waals surface area (Å²) in [4.78, 5) is 15.2. The van der Waals surface area contributed by atoms with Gasteiger partial charge in [0.25, 0.3) is 0 Å². The lowest BCUT2D eigenvalue weighted by molar-refractivity contribution is 0.657. The smallest absolute Gasteiger partial charge is 0.167 e. The highest BCUT2D eigenvalue weighted by Gasteiger charge is 2.37. The molecule has 1 aliphatic rings. The van der Waals surface area contributed by atoms with Crippen molar-refractivity contribution in [2.24, 2.45) is 0 Å². The minimum Gasteiger partial charge on any atom is -0.455 e. The van der Waals surface area contributed by atoms with E-state index in [1.165, 1.54) is 22.3 Å². The molecule has 0 fully saturated rings. The van der Waals surface area contributed by atoms with Gasteiger partial charge in [-0.25, -0.2) is 15.0 Å². The van der Waals surface area contributed by atoms with Crippen LogP contribution in [-0.4, -0.2) is 15.0 Å². The van der Waals surface area contributed by atoms with E-state index in [0.29, 0.717) is 17.5 Å². The Morgan fingerprint density at radius 2 is 1.14 bits per heavy atom. The van der Waals surface area contributed by atoms with E-state index >= 15 is 0 Å². The summed E-state index contributed by atoms with van der Waals surface area (Å²) < 4.78 is 6.71. The Labute approximate surface area is 254 Å². The van der Waals surface area contributed by atoms with Gasteiger partial charge in [0.1, 0.15) is 11.2 Å². The molecule has 44 heavy (non-hydrogen) atoms. The summed E-state index contributed by atoms with van der Waals surface area (Å²) in [6.45, 7) is 4.61. The molecule has 6 aromatic carbocycles. The van der Waals surface area contributed by atoms with Gasteiger partial charge in [0, 0.05) is 27.3 Å². The normalized spacial score (nSPS) is 13.4. The molecule has 4 nitrogen and oxygen atoms in total. The van der Waals surface area contributed by atoms with Gasteiger partial charge in [0.2, 0.25) is 0 Å². The molecule has 2 aromatic heterocycles. The van der Waals surface area contributed by atoms with Crippen LogP contribution in [0.3, 0.4) is 0 Å². The number of aromatic nitrogens is 3. The number of hydrogen-bond donors (Lipinski definition) is 0. The Morgan fingerprint density at radius 3 is 2.02 bits per heavy atom. The first-order chi connectivity index (χ1) is 21.6. The zero-order valence-electron chi connectivity index (χ0n) is 24.4. The highest BCUT2D eigenvalue weighted by atomic mass is 16.3. The minimum atomic E-state index is -0.0898. The van der Waals surface area contributed by atoms with E-state index in [2.05, 4.69) is 111 Å². The van der Waals surface area contributed by atoms with Crippen LogP contribution in [0.5, 0.6) is 0 Å². The van der Waals surface area contributed by atoms with Crippen molar-refractivity contribution in [3.05, 3.63) is 139 Å². The van der Waals surface area contributed by atoms with Gasteiger partial charge >= 0.3 is 0 Å². The zero-order chi connectivity index (χ0) is 29.4. The molecule has 0 saturated carbocycles. The van der Waals surface area contributed by atoms with Gasteiger partial charge in [-0.1, -0.05) is 129 Å². The molecule has 2 heterocycles. The van der Waals surface area contributed by atoms with Crippen molar-refractivity contribution in [3.63, 3.8) is 0 Å². The lowest BCUT2D eigenvalue weighted by atomic mass is 9.82. The van der Waals surface area contributed by atoms with Gasteiger partial charge in [-0.3, -0.25) is 0 Å². The monoisotopic (exact) mass is 565 g/mol. The molecule has 0 N–H and O–H groups in total. The molecule has 0 spiro atoms. The van der Waals surface area contributed by atoms with E-state index in [4.69, 9.17) is 19.4 Å². The van der Waals surface area contributed by atoms with Crippen LogP contribution in [0.4, 0.5) is 0 Å². The summed E-state index contributed by atoms with van der Waals surface area (Å²) in [5, 5.41) is 4.45. The summed E-state index contributed by atoms with van der Waals surface area (Å²) in [5.74, 6) is 1.85. The molecule has 0 bridgehead atoms. The van der Waals surface area contributed by atoms with Crippen molar-refractivity contribution in [2.45, 2.75) is 19.3 Å². The van der Waals surface area contributed by atoms with Gasteiger partial charge in [0.05, 0.1) is 5.56 Å². The molecular weight excluding hydrogens is 538 g/mol. The summed E-state index contributed by atoms with van der Waals surface area (Å²) in [5.41, 5.74) is 9.52. The molecule has 9 rings (SSSR count). The third-order valence-corrected chi connectivity index (χ3v) is 9.15. The van der Waals surface area contributed by atoms with E-state index < -0.39 is 0 Å². The summed E-state index contributed by atoms with van der Waals surface area (Å²) in [7, 11) is 0. The number of para-hydroxylation sites is 1. The van der Waals surface area contributed by atoms with Crippen LogP contribution in [-0.2, 0) is 5.41 Å². The van der Waals surface area contributed by atoms with Crippen LogP contribution in [0.2, 0.25) is 0 Å². The Kier molecular flexibility index (Phi) is 5.21. The Balaban J connectivity index is 1.33. The number of benzene rings is 6. The van der Waals surface area contributed by atoms with Crippen molar-refractivity contribution in [2.75, 3.05) is 0 Å². The van der Waals surface area contributed by atoms with Crippen molar-refractivity contribution < 1.29 is 4.42 Å². The van der Waals surface area contributed by atoms with E-state index in [0.717, 1.165) is 49.4 Å². The van der Waals surface area contributed by atoms with Crippen molar-refractivity contribution in [3.8, 4) is 45.3 Å². The van der Waals surface area contributed by atoms with Crippen molar-refractivity contribution >= 4 is 32.7 Å². The highest BCUT2D eigenvalue weighted by Crippen LogP contribution is 2.53. The first kappa shape index (κ1) is 24.9. The SMILES string of the molecule is CC1(C)c2ccccc2-c2c1ccc1oc3c(-c4nc(-c5ccccc5)nc(-c5cccc6ccccc56)n4)cccc3c21. The molecule has 4 heteroatoms. The average molecular weight is 566 g/mol. The Morgan fingerprint density at radius 1 is 0.500 bits per heavy atom. The van der Waals surface area contributed by atoms with Crippen LogP contribution in [0.25, 0.3) is 78.0 Å². The third-order valence-electron chi connectivity index (χ3n) is 9.15. The number of nitrogens with zero attached hydrogens (tertiary/aromatic N) is 3. The number of rotatable bonds is 3. The molecule has 0 radical (unpaired) electrons. The van der Waals surface area contributed by atoms with Crippen molar-refractivity contribution in [1.82, 2.24) is 15.0 Å². The molecule has 8 aromatic rings. The molecular formula is C40H27N3O. The predicted octanol–water partition coefficient (Wildman–Crippen LogP) is 10.2. The summed E-state index contributed by atoms with van der Waals surface area (Å²) >= 11 is 0. The van der Waals surface area contributed by atoms with Gasteiger partial charge in [-0.15, -0.1) is 0 Å². The van der Waals surface area contributed by atoms with E-state index in [1.807, 2.05) is 30.3 Å². The Hall–Kier alpha value is -5.61. The van der Waals surface area contributed by atoms with Crippen LogP contribution in [0, 0.1) is 0 Å². The molecule has 0 aliphatic heterocycles. The zero-order valence-corrected chi connectivity index (χ0v) is 24.4. The second kappa shape index (κ2) is 9.19. The molecule has 208 valence electrons. The standard InChI is InChI=1S/C40H27N3O/c1-40(2)31-21-9-8-17-28(31)34-32(40)22-23-33-35(34)29-19-11-20-30(36(29)44-33)39-42-37(25-13-4-3-5-14-25)41-38(43-39)27-18-10-15-24-12-6-7-16-26(24)27/h3-23H,1-2H3. The molecule has 0 unspecified atom stereocenters. The first-order valence-electron chi connectivity index (χ1n) is 15.0. The van der Waals surface area contributed by atoms with Gasteiger partial charge in [0.15, 0.2) is 17.5 Å². The van der Waals surface area contributed by atoms with Crippen LogP contribution >= 0.6 is 0 Å². The topological polar surface area (TPSA) is 51.8 Å². The number of hydrogen-bond acceptors (Lipinski definition) is 4. The van der Waals surface area contributed by atoms with Gasteiger partial charge in [-0.05, 0) is 45.2 Å². The van der Waals surface area contributed by atoms with Crippen molar-refractivity contribution in [1.29, 1.82) is 0 Å². The summed E-state index contributed by atoms with van der Waals surface area (Å²) in [6, 6.07) is 44.1. The fourth-order valence-electron chi connectivity index (χ4n) is 7.01. The first-order valence-corrected chi connectivity index (χ1v) is 15.0. The van der Waals surface area contributed by atoms with Gasteiger partial charge < -0.3 is 4.42 Å². The average Bonchev–Trinajstić information content (AvgIpc) is 3.57. The van der Waals surface area contributed by atoms with E-state index in [1.54, 1.807) is 0 Å². The highest BCUT2D eigenvalue weighted by molar-refractivity contribution is 6.17. The third kappa shape index (κ3) is 3.54. The molecule has 0 atom stereocenters. The second-order valence-corrected chi connectivity index (χ2v) is 12.0. The van der Waals surface area contributed by atoms with Gasteiger partial charge in [-0.2, -0.15) is 0 Å². The molecule has 0 amide bonds. The fourth-order valence-corrected chi connectivity index (χ4v) is 7.01. The van der Waals surface area contributed by atoms with Crippen LogP contribution < -0.4 is 0 Å². The lowest BCUT2D eigenvalue weighted by Crippen LogP contribution is -2.14. The van der Waals surface area contributed by atoms with E-state index in [9.17, 15) is 0 Å². The molecule has 0 saturated heterocycles. The predicted molar refractivity (Wildman–Crippen MR) is 178 cm³/mol.